The molecule has 25 heavy (non-hydrogen) atoms. The number of Topliss-reactive ketones (excluding diaryl/α,β-unsaturated/α-hetero) is 2. The Labute approximate surface area is 158 Å². The van der Waals surface area contributed by atoms with Gasteiger partial charge in [0.2, 0.25) is 11.8 Å². The first-order valence-corrected chi connectivity index (χ1v) is 10.2. The highest BCUT2D eigenvalue weighted by atomic mass is 32.2. The molecule has 0 aromatic heterocycles. The average molecular weight is 387 g/mol. The van der Waals surface area contributed by atoms with E-state index < -0.39 is 11.3 Å². The molecule has 1 aliphatic carbocycles. The molecule has 1 N–H and O–H groups in total. The highest BCUT2D eigenvalue weighted by molar-refractivity contribution is 7.98. The molecule has 2 aliphatic rings. The van der Waals surface area contributed by atoms with Gasteiger partial charge in [-0.2, -0.15) is 12.6 Å². The first-order valence-electron chi connectivity index (χ1n) is 8.70. The van der Waals surface area contributed by atoms with Crippen LogP contribution in [0.1, 0.15) is 46.0 Å². The van der Waals surface area contributed by atoms with Crippen molar-refractivity contribution in [2.24, 2.45) is 11.8 Å². The Morgan fingerprint density at radius 1 is 1.24 bits per heavy atom. The smallest absolute Gasteiger partial charge is 0.244 e. The first kappa shape index (κ1) is 20.5. The summed E-state index contributed by atoms with van der Waals surface area (Å²) in [5, 5.41) is -0.484. The van der Waals surface area contributed by atoms with E-state index in [4.69, 9.17) is 0 Å². The molecule has 1 aliphatic heterocycles. The first-order chi connectivity index (χ1) is 11.8. The van der Waals surface area contributed by atoms with Gasteiger partial charge in [0.15, 0.2) is 0 Å². The van der Waals surface area contributed by atoms with Crippen LogP contribution in [0.5, 0.6) is 0 Å². The van der Waals surface area contributed by atoms with Crippen LogP contribution in [0.25, 0.3) is 0 Å². The molecule has 1 unspecified atom stereocenters. The monoisotopic (exact) mass is 386 g/mol. The van der Waals surface area contributed by atoms with Crippen LogP contribution in [-0.4, -0.2) is 51.9 Å². The van der Waals surface area contributed by atoms with Gasteiger partial charge in [0.25, 0.3) is 0 Å². The number of ketones is 2. The molecule has 0 spiro atoms. The van der Waals surface area contributed by atoms with Crippen molar-refractivity contribution < 1.29 is 19.2 Å². The van der Waals surface area contributed by atoms with Gasteiger partial charge in [-0.3, -0.25) is 28.8 Å². The molecule has 0 radical (unpaired) electrons. The van der Waals surface area contributed by atoms with Gasteiger partial charge in [-0.25, -0.2) is 0 Å². The Hall–Kier alpha value is -0.860. The summed E-state index contributed by atoms with van der Waals surface area (Å²) in [6, 6.07) is -0.424. The summed E-state index contributed by atoms with van der Waals surface area (Å²) in [5.74, 6) is 0.624. The van der Waals surface area contributed by atoms with E-state index in [1.807, 2.05) is 0 Å². The largest absolute Gasteiger partial charge is 0.300 e. The lowest BCUT2D eigenvalue weighted by atomic mass is 9.80. The number of carbonyl (C=O) groups is 4. The molecule has 2 atom stereocenters. The highest BCUT2D eigenvalue weighted by Gasteiger charge is 2.40. The van der Waals surface area contributed by atoms with E-state index >= 15 is 0 Å². The minimum Gasteiger partial charge on any atom is -0.300 e. The number of nitrogens with one attached hydrogen (secondary N) is 1. The van der Waals surface area contributed by atoms with Gasteiger partial charge in [0.1, 0.15) is 16.8 Å². The Kier molecular flexibility index (Phi) is 7.51. The van der Waals surface area contributed by atoms with E-state index in [-0.39, 0.29) is 41.6 Å². The molecular weight excluding hydrogens is 360 g/mol. The van der Waals surface area contributed by atoms with Crippen molar-refractivity contribution in [3.63, 3.8) is 0 Å². The van der Waals surface area contributed by atoms with Crippen molar-refractivity contribution in [1.29, 1.82) is 0 Å². The number of imide groups is 1. The summed E-state index contributed by atoms with van der Waals surface area (Å²) in [6.45, 7) is 3.55. The second-order valence-electron chi connectivity index (χ2n) is 6.95. The summed E-state index contributed by atoms with van der Waals surface area (Å²) in [4.78, 5) is 49.0. The quantitative estimate of drug-likeness (QED) is 0.375. The zero-order valence-electron chi connectivity index (χ0n) is 14.7. The molecule has 0 aromatic rings. The number of rotatable bonds is 8. The number of likely N-dealkylation sites (tertiary alicyclic amines) is 1. The van der Waals surface area contributed by atoms with Crippen LogP contribution < -0.4 is 4.72 Å². The fourth-order valence-corrected chi connectivity index (χ4v) is 4.86. The van der Waals surface area contributed by atoms with E-state index in [0.29, 0.717) is 12.3 Å². The second-order valence-corrected chi connectivity index (χ2v) is 8.35. The topological polar surface area (TPSA) is 83.6 Å². The number of hydrogen-bond acceptors (Lipinski definition) is 7. The molecule has 1 heterocycles. The summed E-state index contributed by atoms with van der Waals surface area (Å²) >= 11 is 5.27. The second kappa shape index (κ2) is 9.19. The minimum atomic E-state index is -0.484. The zero-order valence-corrected chi connectivity index (χ0v) is 16.4. The lowest BCUT2D eigenvalue weighted by Crippen LogP contribution is -2.38. The molecule has 2 amide bonds. The van der Waals surface area contributed by atoms with Gasteiger partial charge >= 0.3 is 0 Å². The maximum absolute atomic E-state index is 12.5. The lowest BCUT2D eigenvalue weighted by molar-refractivity contribution is -0.139. The molecule has 6 nitrogen and oxygen atoms in total. The van der Waals surface area contributed by atoms with Crippen LogP contribution in [-0.2, 0) is 19.2 Å². The zero-order chi connectivity index (χ0) is 18.6. The van der Waals surface area contributed by atoms with Gasteiger partial charge < -0.3 is 0 Å². The number of hydrogen-bond donors (Lipinski definition) is 2. The van der Waals surface area contributed by atoms with E-state index in [2.05, 4.69) is 17.4 Å². The van der Waals surface area contributed by atoms with Gasteiger partial charge in [-0.05, 0) is 45.4 Å². The SMILES string of the molecule is CC(=O)C1CCC(CN2C(=O)CC(SN[C@@H](CS)C(C)=O)C2=O)CC1. The van der Waals surface area contributed by atoms with Gasteiger partial charge in [0, 0.05) is 24.6 Å². The average Bonchev–Trinajstić information content (AvgIpc) is 2.83. The van der Waals surface area contributed by atoms with E-state index in [0.717, 1.165) is 37.6 Å². The summed E-state index contributed by atoms with van der Waals surface area (Å²) in [6.07, 6.45) is 3.61. The molecule has 2 fully saturated rings. The standard InChI is InChI=1S/C17H26N2O4S2/c1-10(20)13-5-3-12(4-6-13)8-19-16(22)7-15(17(19)23)25-18-14(9-24)11(2)21/h12-15,18,24H,3-9H2,1-2H3/t12?,13?,14-,15?/m0/s1. The maximum atomic E-state index is 12.5. The van der Waals surface area contributed by atoms with Crippen LogP contribution in [0, 0.1) is 11.8 Å². The summed E-state index contributed by atoms with van der Waals surface area (Å²) < 4.78 is 2.96. The molecule has 0 bridgehead atoms. The van der Waals surface area contributed by atoms with Crippen molar-refractivity contribution in [2.75, 3.05) is 12.3 Å². The maximum Gasteiger partial charge on any atom is 0.244 e. The number of carbonyl (C=O) groups excluding carboxylic acids is 4. The van der Waals surface area contributed by atoms with Crippen molar-refractivity contribution >= 4 is 48.0 Å². The third-order valence-corrected chi connectivity index (χ3v) is 6.53. The predicted octanol–water partition coefficient (Wildman–Crippen LogP) is 1.63. The van der Waals surface area contributed by atoms with Gasteiger partial charge in [-0.1, -0.05) is 11.9 Å². The van der Waals surface area contributed by atoms with Crippen molar-refractivity contribution in [3.05, 3.63) is 0 Å². The number of amides is 2. The highest BCUT2D eigenvalue weighted by Crippen LogP contribution is 2.32. The van der Waals surface area contributed by atoms with Crippen LogP contribution >= 0.6 is 24.6 Å². The third kappa shape index (κ3) is 5.31. The van der Waals surface area contributed by atoms with Crippen LogP contribution in [0.2, 0.25) is 0 Å². The normalized spacial score (nSPS) is 28.3. The fourth-order valence-electron chi connectivity index (χ4n) is 3.36. The summed E-state index contributed by atoms with van der Waals surface area (Å²) in [7, 11) is 0. The lowest BCUT2D eigenvalue weighted by Gasteiger charge is -2.29. The molecule has 140 valence electrons. The number of nitrogens with zero attached hydrogens (tertiary/aromatic N) is 1. The van der Waals surface area contributed by atoms with Crippen molar-refractivity contribution in [2.45, 2.75) is 57.2 Å². The van der Waals surface area contributed by atoms with E-state index in [1.165, 1.54) is 11.8 Å². The van der Waals surface area contributed by atoms with Crippen molar-refractivity contribution in [3.8, 4) is 0 Å². The number of thiol groups is 1. The van der Waals surface area contributed by atoms with Crippen LogP contribution in [0.15, 0.2) is 0 Å². The Morgan fingerprint density at radius 3 is 2.40 bits per heavy atom. The fraction of sp³-hybridized carbons (Fsp3) is 0.765. The molecule has 1 saturated carbocycles. The minimum absolute atomic E-state index is 0.0432. The van der Waals surface area contributed by atoms with E-state index in [9.17, 15) is 19.2 Å². The van der Waals surface area contributed by atoms with Gasteiger partial charge in [-0.15, -0.1) is 0 Å². The molecule has 8 heteroatoms. The van der Waals surface area contributed by atoms with Crippen LogP contribution in [0.4, 0.5) is 0 Å². The summed E-state index contributed by atoms with van der Waals surface area (Å²) in [5.41, 5.74) is 0. The van der Waals surface area contributed by atoms with E-state index in [1.54, 1.807) is 6.92 Å². The Balaban J connectivity index is 1.85. The molecular formula is C17H26N2O4S2. The van der Waals surface area contributed by atoms with Crippen LogP contribution in [0.3, 0.4) is 0 Å². The predicted molar refractivity (Wildman–Crippen MR) is 100 cm³/mol. The Bertz CT molecular complexity index is 547. The molecule has 0 aromatic carbocycles. The molecule has 2 rings (SSSR count). The third-order valence-electron chi connectivity index (χ3n) is 5.09. The van der Waals surface area contributed by atoms with Gasteiger partial charge in [0.05, 0.1) is 6.04 Å². The Morgan fingerprint density at radius 2 is 1.88 bits per heavy atom. The molecule has 1 saturated heterocycles. The van der Waals surface area contributed by atoms with Crippen molar-refractivity contribution in [1.82, 2.24) is 9.62 Å².